The first-order chi connectivity index (χ1) is 14.9. The van der Waals surface area contributed by atoms with Crippen molar-refractivity contribution in [3.05, 3.63) is 127 Å². The molecule has 0 unspecified atom stereocenters. The average Bonchev–Trinajstić information content (AvgIpc) is 3.06. The van der Waals surface area contributed by atoms with Gasteiger partial charge in [-0.05, 0) is 83.3 Å². The van der Waals surface area contributed by atoms with Crippen molar-refractivity contribution >= 4 is 23.2 Å². The van der Waals surface area contributed by atoms with Crippen LogP contribution in [0, 0.1) is 27.7 Å². The molecular weight excluding hydrogens is 419 g/mol. The minimum atomic E-state index is -0.423. The lowest BCUT2D eigenvalue weighted by Gasteiger charge is -2.35. The molecule has 0 bridgehead atoms. The zero-order valence-corrected chi connectivity index (χ0v) is 19.7. The van der Waals surface area contributed by atoms with Gasteiger partial charge < -0.3 is 0 Å². The molecule has 0 N–H and O–H groups in total. The number of benzene rings is 4. The van der Waals surface area contributed by atoms with Crippen LogP contribution in [0.4, 0.5) is 0 Å². The number of aryl methyl sites for hydroxylation is 4. The van der Waals surface area contributed by atoms with Gasteiger partial charge in [0.2, 0.25) is 0 Å². The number of hydrogen-bond donors (Lipinski definition) is 0. The van der Waals surface area contributed by atoms with E-state index < -0.39 is 5.41 Å². The number of hydrogen-bond acceptors (Lipinski definition) is 0. The maximum Gasteiger partial charge on any atom is 0.0713 e. The molecule has 154 valence electrons. The van der Waals surface area contributed by atoms with Crippen molar-refractivity contribution in [1.82, 2.24) is 0 Å². The van der Waals surface area contributed by atoms with Gasteiger partial charge in [-0.25, -0.2) is 0 Å². The molecule has 4 aromatic carbocycles. The Bertz CT molecular complexity index is 1200. The Morgan fingerprint density at radius 2 is 0.839 bits per heavy atom. The van der Waals surface area contributed by atoms with Gasteiger partial charge in [-0.3, -0.25) is 0 Å². The summed E-state index contributed by atoms with van der Waals surface area (Å²) < 4.78 is 0. The number of halogens is 2. The Kier molecular flexibility index (Phi) is 4.77. The first kappa shape index (κ1) is 20.4. The van der Waals surface area contributed by atoms with Crippen LogP contribution in [0.1, 0.15) is 44.5 Å². The Labute approximate surface area is 194 Å². The standard InChI is InChI=1S/C29H24Cl2/c1-17-13-21(14-18(2)27(17)30)29(22-15-19(3)28(31)20(4)16-22)25-11-7-5-9-23(25)24-10-6-8-12-26(24)29/h5-16H,1-4H3. The lowest BCUT2D eigenvalue weighted by molar-refractivity contribution is 0.764. The molecule has 0 radical (unpaired) electrons. The summed E-state index contributed by atoms with van der Waals surface area (Å²) in [4.78, 5) is 0. The minimum Gasteiger partial charge on any atom is -0.0838 e. The molecule has 1 aliphatic rings. The summed E-state index contributed by atoms with van der Waals surface area (Å²) in [6.45, 7) is 8.38. The van der Waals surface area contributed by atoms with E-state index in [2.05, 4.69) is 100 Å². The first-order valence-electron chi connectivity index (χ1n) is 10.6. The monoisotopic (exact) mass is 442 g/mol. The van der Waals surface area contributed by atoms with Gasteiger partial charge in [0.1, 0.15) is 0 Å². The van der Waals surface area contributed by atoms with Crippen LogP contribution in [0.3, 0.4) is 0 Å². The van der Waals surface area contributed by atoms with E-state index >= 15 is 0 Å². The average molecular weight is 443 g/mol. The summed E-state index contributed by atoms with van der Waals surface area (Å²) in [5.41, 5.74) is 11.6. The summed E-state index contributed by atoms with van der Waals surface area (Å²) in [6.07, 6.45) is 0. The molecule has 31 heavy (non-hydrogen) atoms. The maximum atomic E-state index is 6.60. The molecule has 0 heterocycles. The van der Waals surface area contributed by atoms with E-state index in [0.717, 1.165) is 32.3 Å². The predicted octanol–water partition coefficient (Wildman–Crippen LogP) is 8.59. The lowest BCUT2D eigenvalue weighted by Crippen LogP contribution is -2.29. The highest BCUT2D eigenvalue weighted by Gasteiger charge is 2.46. The van der Waals surface area contributed by atoms with E-state index in [4.69, 9.17) is 23.2 Å². The van der Waals surface area contributed by atoms with Crippen molar-refractivity contribution in [2.24, 2.45) is 0 Å². The van der Waals surface area contributed by atoms with Crippen LogP contribution in [0.5, 0.6) is 0 Å². The molecule has 0 saturated heterocycles. The van der Waals surface area contributed by atoms with Crippen molar-refractivity contribution in [2.75, 3.05) is 0 Å². The van der Waals surface area contributed by atoms with Gasteiger partial charge in [-0.15, -0.1) is 0 Å². The quantitative estimate of drug-likeness (QED) is 0.256. The van der Waals surface area contributed by atoms with Crippen molar-refractivity contribution < 1.29 is 0 Å². The van der Waals surface area contributed by atoms with Crippen LogP contribution in [-0.2, 0) is 5.41 Å². The van der Waals surface area contributed by atoms with Gasteiger partial charge in [0.05, 0.1) is 5.41 Å². The lowest BCUT2D eigenvalue weighted by atomic mass is 9.66. The Balaban J connectivity index is 2.00. The predicted molar refractivity (Wildman–Crippen MR) is 133 cm³/mol. The molecule has 0 aliphatic heterocycles. The zero-order valence-electron chi connectivity index (χ0n) is 18.2. The second-order valence-electron chi connectivity index (χ2n) is 8.69. The van der Waals surface area contributed by atoms with Crippen LogP contribution >= 0.6 is 23.2 Å². The molecule has 4 aromatic rings. The molecule has 5 rings (SSSR count). The van der Waals surface area contributed by atoms with E-state index in [-0.39, 0.29) is 0 Å². The Morgan fingerprint density at radius 3 is 1.19 bits per heavy atom. The van der Waals surface area contributed by atoms with Crippen molar-refractivity contribution in [2.45, 2.75) is 33.1 Å². The van der Waals surface area contributed by atoms with E-state index in [1.165, 1.54) is 33.4 Å². The highest BCUT2D eigenvalue weighted by atomic mass is 35.5. The van der Waals surface area contributed by atoms with Crippen LogP contribution in [0.2, 0.25) is 10.0 Å². The molecule has 0 atom stereocenters. The highest BCUT2D eigenvalue weighted by molar-refractivity contribution is 6.32. The summed E-state index contributed by atoms with van der Waals surface area (Å²) >= 11 is 13.2. The zero-order chi connectivity index (χ0) is 21.9. The third-order valence-electron chi connectivity index (χ3n) is 6.69. The fourth-order valence-electron chi connectivity index (χ4n) is 5.35. The van der Waals surface area contributed by atoms with Crippen LogP contribution < -0.4 is 0 Å². The summed E-state index contributed by atoms with van der Waals surface area (Å²) in [5, 5.41) is 1.67. The topological polar surface area (TPSA) is 0 Å². The van der Waals surface area contributed by atoms with Gasteiger partial charge in [-0.2, -0.15) is 0 Å². The summed E-state index contributed by atoms with van der Waals surface area (Å²) in [5.74, 6) is 0. The van der Waals surface area contributed by atoms with Crippen molar-refractivity contribution in [3.8, 4) is 11.1 Å². The minimum absolute atomic E-state index is 0.423. The summed E-state index contributed by atoms with van der Waals surface area (Å²) in [6, 6.07) is 26.6. The molecule has 0 nitrogen and oxygen atoms in total. The fourth-order valence-corrected chi connectivity index (χ4v) is 5.57. The second-order valence-corrected chi connectivity index (χ2v) is 9.45. The van der Waals surface area contributed by atoms with Crippen molar-refractivity contribution in [3.63, 3.8) is 0 Å². The van der Waals surface area contributed by atoms with Gasteiger partial charge in [0.25, 0.3) is 0 Å². The number of rotatable bonds is 2. The maximum absolute atomic E-state index is 6.60. The molecule has 0 spiro atoms. The van der Waals surface area contributed by atoms with E-state index in [0.29, 0.717) is 0 Å². The summed E-state index contributed by atoms with van der Waals surface area (Å²) in [7, 11) is 0. The van der Waals surface area contributed by atoms with Crippen LogP contribution in [-0.4, -0.2) is 0 Å². The first-order valence-corrected chi connectivity index (χ1v) is 11.3. The van der Waals surface area contributed by atoms with Crippen LogP contribution in [0.15, 0.2) is 72.8 Å². The molecule has 0 fully saturated rings. The highest BCUT2D eigenvalue weighted by Crippen LogP contribution is 2.56. The van der Waals surface area contributed by atoms with Gasteiger partial charge in [0, 0.05) is 10.0 Å². The SMILES string of the molecule is Cc1cc(C2(c3cc(C)c(Cl)c(C)c3)c3ccccc3-c3ccccc32)cc(C)c1Cl. The Hall–Kier alpha value is -2.54. The second kappa shape index (κ2) is 7.26. The Morgan fingerprint density at radius 1 is 0.516 bits per heavy atom. The van der Waals surface area contributed by atoms with Gasteiger partial charge >= 0.3 is 0 Å². The van der Waals surface area contributed by atoms with E-state index in [1.54, 1.807) is 0 Å². The third kappa shape index (κ3) is 2.82. The van der Waals surface area contributed by atoms with E-state index in [9.17, 15) is 0 Å². The molecule has 0 amide bonds. The van der Waals surface area contributed by atoms with Crippen molar-refractivity contribution in [1.29, 1.82) is 0 Å². The molecule has 0 saturated carbocycles. The van der Waals surface area contributed by atoms with Gasteiger partial charge in [-0.1, -0.05) is 96.0 Å². The van der Waals surface area contributed by atoms with Gasteiger partial charge in [0.15, 0.2) is 0 Å². The molecule has 1 aliphatic carbocycles. The third-order valence-corrected chi connectivity index (χ3v) is 7.88. The van der Waals surface area contributed by atoms with E-state index in [1.807, 2.05) is 0 Å². The fraction of sp³-hybridized carbons (Fsp3) is 0.172. The smallest absolute Gasteiger partial charge is 0.0713 e. The largest absolute Gasteiger partial charge is 0.0838 e. The molecule has 0 aromatic heterocycles. The van der Waals surface area contributed by atoms with Crippen LogP contribution in [0.25, 0.3) is 11.1 Å². The molecular formula is C29H24Cl2. The number of fused-ring (bicyclic) bond motifs is 3. The normalized spacial score (nSPS) is 13.7. The molecule has 2 heteroatoms.